The zero-order valence-corrected chi connectivity index (χ0v) is 29.4. The van der Waals surface area contributed by atoms with E-state index in [1.54, 1.807) is 0 Å². The molecule has 0 fully saturated rings. The van der Waals surface area contributed by atoms with Crippen LogP contribution in [-0.2, 0) is 0 Å². The number of oxazole rings is 1. The lowest BCUT2D eigenvalue weighted by Crippen LogP contribution is -2.10. The first-order valence-corrected chi connectivity index (χ1v) is 18.3. The van der Waals surface area contributed by atoms with Crippen LogP contribution in [0, 0.1) is 0 Å². The highest BCUT2D eigenvalue weighted by atomic mass is 16.3. The predicted molar refractivity (Wildman–Crippen MR) is 225 cm³/mol. The molecule has 3 nitrogen and oxygen atoms in total. The lowest BCUT2D eigenvalue weighted by atomic mass is 9.92. The van der Waals surface area contributed by atoms with Gasteiger partial charge in [-0.25, -0.2) is 4.98 Å². The molecule has 0 aliphatic carbocycles. The summed E-state index contributed by atoms with van der Waals surface area (Å²) in [6, 6.07) is 73.1. The summed E-state index contributed by atoms with van der Waals surface area (Å²) >= 11 is 0. The number of rotatable bonds is 7. The third-order valence-electron chi connectivity index (χ3n) is 10.3. The van der Waals surface area contributed by atoms with Gasteiger partial charge in [0.2, 0.25) is 5.89 Å². The first-order chi connectivity index (χ1) is 26.8. The average molecular weight is 691 g/mol. The molecule has 254 valence electrons. The zero-order valence-electron chi connectivity index (χ0n) is 29.4. The van der Waals surface area contributed by atoms with Crippen molar-refractivity contribution in [2.75, 3.05) is 4.90 Å². The maximum Gasteiger partial charge on any atom is 0.227 e. The van der Waals surface area contributed by atoms with E-state index in [1.807, 2.05) is 30.3 Å². The Morgan fingerprint density at radius 2 is 0.981 bits per heavy atom. The summed E-state index contributed by atoms with van der Waals surface area (Å²) < 4.78 is 6.51. The zero-order chi connectivity index (χ0) is 35.8. The number of aromatic nitrogens is 1. The Hall–Kier alpha value is -7.23. The van der Waals surface area contributed by atoms with Gasteiger partial charge in [-0.3, -0.25) is 0 Å². The molecule has 0 saturated heterocycles. The predicted octanol–water partition coefficient (Wildman–Crippen LogP) is 14.3. The van der Waals surface area contributed by atoms with E-state index in [0.29, 0.717) is 5.89 Å². The van der Waals surface area contributed by atoms with Crippen LogP contribution < -0.4 is 4.90 Å². The summed E-state index contributed by atoms with van der Waals surface area (Å²) in [4.78, 5) is 7.25. The fraction of sp³-hybridized carbons (Fsp3) is 0. The Morgan fingerprint density at radius 1 is 0.370 bits per heavy atom. The van der Waals surface area contributed by atoms with Crippen molar-refractivity contribution in [1.82, 2.24) is 4.98 Å². The topological polar surface area (TPSA) is 29.3 Å². The van der Waals surface area contributed by atoms with Crippen molar-refractivity contribution in [2.24, 2.45) is 0 Å². The van der Waals surface area contributed by atoms with E-state index in [2.05, 4.69) is 181 Å². The normalized spacial score (nSPS) is 11.3. The van der Waals surface area contributed by atoms with Crippen molar-refractivity contribution < 1.29 is 4.42 Å². The molecule has 0 atom stereocenters. The monoisotopic (exact) mass is 690 g/mol. The average Bonchev–Trinajstić information content (AvgIpc) is 3.70. The first kappa shape index (κ1) is 31.5. The molecule has 0 bridgehead atoms. The molecule has 0 amide bonds. The summed E-state index contributed by atoms with van der Waals surface area (Å²) in [6.45, 7) is 0. The van der Waals surface area contributed by atoms with E-state index in [4.69, 9.17) is 9.40 Å². The van der Waals surface area contributed by atoms with Gasteiger partial charge in [-0.1, -0.05) is 140 Å². The van der Waals surface area contributed by atoms with Crippen molar-refractivity contribution in [3.8, 4) is 44.8 Å². The van der Waals surface area contributed by atoms with Crippen LogP contribution in [-0.4, -0.2) is 4.98 Å². The maximum atomic E-state index is 6.51. The Labute approximate surface area is 314 Å². The van der Waals surface area contributed by atoms with Crippen LogP contribution in [0.4, 0.5) is 17.1 Å². The molecule has 10 rings (SSSR count). The van der Waals surface area contributed by atoms with Crippen LogP contribution in [0.3, 0.4) is 0 Å². The second kappa shape index (κ2) is 13.4. The second-order valence-electron chi connectivity index (χ2n) is 13.6. The van der Waals surface area contributed by atoms with Crippen molar-refractivity contribution in [1.29, 1.82) is 0 Å². The molecule has 0 aliphatic heterocycles. The van der Waals surface area contributed by atoms with Gasteiger partial charge in [0, 0.05) is 27.7 Å². The molecule has 0 saturated carbocycles. The number of fused-ring (bicyclic) bond motifs is 4. The third-order valence-corrected chi connectivity index (χ3v) is 10.3. The Bertz CT molecular complexity index is 2920. The van der Waals surface area contributed by atoms with Crippen molar-refractivity contribution in [2.45, 2.75) is 0 Å². The SMILES string of the molecule is c1ccc(-c2ccc(N(c3cccc(-c4cc(-c5ccccc5)cc5ccccc45)c3)c3cccc4c3ccc3nc(-c5ccccc5)oc34)cc2)cc1. The van der Waals surface area contributed by atoms with Gasteiger partial charge in [-0.15, -0.1) is 0 Å². The molecular weight excluding hydrogens is 657 g/mol. The molecule has 0 spiro atoms. The van der Waals surface area contributed by atoms with E-state index in [1.165, 1.54) is 38.6 Å². The maximum absolute atomic E-state index is 6.51. The molecular formula is C51H34N2O. The summed E-state index contributed by atoms with van der Waals surface area (Å²) in [5.74, 6) is 0.620. The van der Waals surface area contributed by atoms with Crippen molar-refractivity contribution >= 4 is 49.7 Å². The van der Waals surface area contributed by atoms with Gasteiger partial charge in [0.15, 0.2) is 5.58 Å². The van der Waals surface area contributed by atoms with Crippen LogP contribution in [0.25, 0.3) is 77.5 Å². The molecule has 0 unspecified atom stereocenters. The smallest absolute Gasteiger partial charge is 0.227 e. The number of hydrogen-bond acceptors (Lipinski definition) is 3. The first-order valence-electron chi connectivity index (χ1n) is 18.3. The van der Waals surface area contributed by atoms with E-state index < -0.39 is 0 Å². The van der Waals surface area contributed by atoms with E-state index in [-0.39, 0.29) is 0 Å². The van der Waals surface area contributed by atoms with Gasteiger partial charge in [0.1, 0.15) is 5.52 Å². The molecule has 10 aromatic rings. The second-order valence-corrected chi connectivity index (χ2v) is 13.6. The van der Waals surface area contributed by atoms with Gasteiger partial charge in [0.25, 0.3) is 0 Å². The van der Waals surface area contributed by atoms with Gasteiger partial charge in [-0.05, 0) is 111 Å². The highest BCUT2D eigenvalue weighted by Gasteiger charge is 2.20. The summed E-state index contributed by atoms with van der Waals surface area (Å²) in [6.07, 6.45) is 0. The third kappa shape index (κ3) is 5.69. The Balaban J connectivity index is 1.16. The molecule has 0 aliphatic rings. The fourth-order valence-corrected chi connectivity index (χ4v) is 7.65. The van der Waals surface area contributed by atoms with Crippen molar-refractivity contribution in [3.63, 3.8) is 0 Å². The van der Waals surface area contributed by atoms with Gasteiger partial charge in [0.05, 0.1) is 5.69 Å². The molecule has 1 heterocycles. The standard InChI is InChI=1S/C51H34N2O/c1-4-14-35(15-5-1)37-26-28-42(29-27-37)53(49-25-13-24-46-45(49)30-31-48-50(46)54-51(52-48)38-18-8-3-9-19-38)43-22-12-21-40(33-43)47-34-41(36-16-6-2-7-17-36)32-39-20-10-11-23-44(39)47/h1-34H. The Morgan fingerprint density at radius 3 is 1.74 bits per heavy atom. The molecule has 3 heteroatoms. The number of nitrogens with zero attached hydrogens (tertiary/aromatic N) is 2. The van der Waals surface area contributed by atoms with Gasteiger partial charge in [-0.2, -0.15) is 0 Å². The minimum Gasteiger partial charge on any atom is -0.435 e. The van der Waals surface area contributed by atoms with Gasteiger partial charge >= 0.3 is 0 Å². The van der Waals surface area contributed by atoms with E-state index >= 15 is 0 Å². The summed E-state index contributed by atoms with van der Waals surface area (Å²) in [5, 5.41) is 4.53. The van der Waals surface area contributed by atoms with Gasteiger partial charge < -0.3 is 9.32 Å². The summed E-state index contributed by atoms with van der Waals surface area (Å²) in [7, 11) is 0. The number of benzene rings is 9. The molecule has 1 aromatic heterocycles. The quantitative estimate of drug-likeness (QED) is 0.167. The highest BCUT2D eigenvalue weighted by Crippen LogP contribution is 2.43. The molecule has 54 heavy (non-hydrogen) atoms. The van der Waals surface area contributed by atoms with Crippen molar-refractivity contribution in [3.05, 3.63) is 206 Å². The number of hydrogen-bond donors (Lipinski definition) is 0. The van der Waals surface area contributed by atoms with Crippen LogP contribution in [0.2, 0.25) is 0 Å². The lowest BCUT2D eigenvalue weighted by Gasteiger charge is -2.27. The molecule has 9 aromatic carbocycles. The lowest BCUT2D eigenvalue weighted by molar-refractivity contribution is 0.623. The minimum atomic E-state index is 0.620. The van der Waals surface area contributed by atoms with Crippen LogP contribution >= 0.6 is 0 Å². The van der Waals surface area contributed by atoms with E-state index in [0.717, 1.165) is 50.1 Å². The van der Waals surface area contributed by atoms with E-state index in [9.17, 15) is 0 Å². The number of anilines is 3. The fourth-order valence-electron chi connectivity index (χ4n) is 7.65. The van der Waals surface area contributed by atoms with Crippen LogP contribution in [0.5, 0.6) is 0 Å². The molecule has 0 N–H and O–H groups in total. The summed E-state index contributed by atoms with van der Waals surface area (Å²) in [5.41, 5.74) is 12.9. The van der Waals surface area contributed by atoms with Crippen LogP contribution in [0.1, 0.15) is 0 Å². The molecule has 0 radical (unpaired) electrons. The largest absolute Gasteiger partial charge is 0.435 e. The minimum absolute atomic E-state index is 0.620. The Kier molecular flexibility index (Phi) is 7.81. The highest BCUT2D eigenvalue weighted by molar-refractivity contribution is 6.10. The van der Waals surface area contributed by atoms with Crippen LogP contribution in [0.15, 0.2) is 211 Å².